The molecule has 0 aliphatic carbocycles. The summed E-state index contributed by atoms with van der Waals surface area (Å²) in [7, 11) is 2.02. The van der Waals surface area contributed by atoms with Crippen LogP contribution in [-0.2, 0) is 13.6 Å². The maximum atomic E-state index is 4.29. The van der Waals surface area contributed by atoms with Crippen molar-refractivity contribution in [1.29, 1.82) is 0 Å². The molecule has 3 aromatic rings. The van der Waals surface area contributed by atoms with Crippen LogP contribution in [0.1, 0.15) is 30.3 Å². The van der Waals surface area contributed by atoms with Gasteiger partial charge in [0.15, 0.2) is 5.82 Å². The molecule has 3 heterocycles. The van der Waals surface area contributed by atoms with Crippen LogP contribution in [0.15, 0.2) is 42.6 Å². The van der Waals surface area contributed by atoms with Crippen molar-refractivity contribution in [3.8, 4) is 5.69 Å². The van der Waals surface area contributed by atoms with E-state index < -0.39 is 0 Å². The topological polar surface area (TPSA) is 64.7 Å². The lowest BCUT2D eigenvalue weighted by Gasteiger charge is -2.31. The largest absolute Gasteiger partial charge is 0.296 e. The second kappa shape index (κ2) is 6.52. The van der Waals surface area contributed by atoms with Crippen molar-refractivity contribution in [2.45, 2.75) is 25.3 Å². The molecule has 1 aliphatic rings. The second-order valence-electron chi connectivity index (χ2n) is 6.27. The number of piperidine rings is 1. The van der Waals surface area contributed by atoms with E-state index in [1.54, 1.807) is 0 Å². The van der Waals surface area contributed by atoms with Gasteiger partial charge in [-0.2, -0.15) is 9.78 Å². The van der Waals surface area contributed by atoms with E-state index >= 15 is 0 Å². The monoisotopic (exact) mass is 323 g/mol. The summed E-state index contributed by atoms with van der Waals surface area (Å²) in [4.78, 5) is 2.43. The molecule has 0 atom stereocenters. The van der Waals surface area contributed by atoms with Gasteiger partial charge in [0.25, 0.3) is 0 Å². The molecule has 0 bridgehead atoms. The van der Waals surface area contributed by atoms with Crippen LogP contribution in [0.5, 0.6) is 0 Å². The van der Waals surface area contributed by atoms with Crippen molar-refractivity contribution in [1.82, 2.24) is 34.9 Å². The minimum Gasteiger partial charge on any atom is -0.296 e. The average Bonchev–Trinajstić information content (AvgIpc) is 3.25. The van der Waals surface area contributed by atoms with Crippen LogP contribution in [0, 0.1) is 0 Å². The Balaban J connectivity index is 1.42. The molecule has 24 heavy (non-hydrogen) atoms. The first-order chi connectivity index (χ1) is 11.8. The minimum atomic E-state index is 0.596. The van der Waals surface area contributed by atoms with Crippen LogP contribution in [0.4, 0.5) is 0 Å². The van der Waals surface area contributed by atoms with Gasteiger partial charge in [0.05, 0.1) is 12.2 Å². The third kappa shape index (κ3) is 2.94. The molecular weight excluding hydrogens is 302 g/mol. The zero-order chi connectivity index (χ0) is 16.4. The lowest BCUT2D eigenvalue weighted by atomic mass is 9.93. The van der Waals surface area contributed by atoms with Crippen molar-refractivity contribution < 1.29 is 0 Å². The number of likely N-dealkylation sites (tertiary alicyclic amines) is 1. The summed E-state index contributed by atoms with van der Waals surface area (Å²) in [6.45, 7) is 2.88. The summed E-state index contributed by atoms with van der Waals surface area (Å²) >= 11 is 0. The first-order valence-electron chi connectivity index (χ1n) is 8.34. The van der Waals surface area contributed by atoms with Crippen LogP contribution >= 0.6 is 0 Å². The van der Waals surface area contributed by atoms with Gasteiger partial charge in [0.1, 0.15) is 0 Å². The smallest absolute Gasteiger partial charge is 0.170 e. The molecule has 4 rings (SSSR count). The van der Waals surface area contributed by atoms with E-state index in [4.69, 9.17) is 0 Å². The molecule has 124 valence electrons. The summed E-state index contributed by atoms with van der Waals surface area (Å²) in [5, 5.41) is 16.5. The lowest BCUT2D eigenvalue weighted by molar-refractivity contribution is 0.196. The van der Waals surface area contributed by atoms with Gasteiger partial charge in [-0.1, -0.05) is 18.2 Å². The summed E-state index contributed by atoms with van der Waals surface area (Å²) in [6, 6.07) is 12.2. The predicted octanol–water partition coefficient (Wildman–Crippen LogP) is 1.78. The predicted molar refractivity (Wildman–Crippen MR) is 89.6 cm³/mol. The Labute approximate surface area is 140 Å². The van der Waals surface area contributed by atoms with Gasteiger partial charge in [-0.15, -0.1) is 5.10 Å². The van der Waals surface area contributed by atoms with E-state index in [2.05, 4.69) is 31.6 Å². The van der Waals surface area contributed by atoms with Crippen LogP contribution in [0.25, 0.3) is 5.69 Å². The number of hydrogen-bond acceptors (Lipinski definition) is 5. The maximum absolute atomic E-state index is 4.29. The van der Waals surface area contributed by atoms with Crippen molar-refractivity contribution in [2.24, 2.45) is 7.05 Å². The number of aryl methyl sites for hydroxylation is 1. The first kappa shape index (κ1) is 15.0. The Hall–Kier alpha value is -2.54. The number of aromatic nitrogens is 6. The third-order valence-corrected chi connectivity index (χ3v) is 4.76. The van der Waals surface area contributed by atoms with Gasteiger partial charge >= 0.3 is 0 Å². The number of para-hydroxylation sites is 1. The second-order valence-corrected chi connectivity index (χ2v) is 6.27. The number of nitrogens with zero attached hydrogens (tertiary/aromatic N) is 7. The summed E-state index contributed by atoms with van der Waals surface area (Å²) in [6.07, 6.45) is 4.18. The molecule has 2 aromatic heterocycles. The van der Waals surface area contributed by atoms with E-state index in [9.17, 15) is 0 Å². The molecule has 1 fully saturated rings. The van der Waals surface area contributed by atoms with Crippen molar-refractivity contribution in [3.05, 3.63) is 54.1 Å². The van der Waals surface area contributed by atoms with Gasteiger partial charge in [0, 0.05) is 24.9 Å². The molecule has 0 radical (unpaired) electrons. The van der Waals surface area contributed by atoms with Crippen molar-refractivity contribution >= 4 is 0 Å². The minimum absolute atomic E-state index is 0.596. The number of hydrogen-bond donors (Lipinski definition) is 0. The molecule has 1 aliphatic heterocycles. The summed E-state index contributed by atoms with van der Waals surface area (Å²) in [5.74, 6) is 1.49. The Morgan fingerprint density at radius 1 is 1.08 bits per heavy atom. The van der Waals surface area contributed by atoms with Crippen molar-refractivity contribution in [2.75, 3.05) is 13.1 Å². The standard InChI is InChI=1S/C17H21N7/c1-22-16(7-10-18-22)14-8-11-23(12-9-14)13-17-19-20-21-24(17)15-5-3-2-4-6-15/h2-7,10,14H,8-9,11-13H2,1H3. The Morgan fingerprint density at radius 3 is 2.58 bits per heavy atom. The zero-order valence-electron chi connectivity index (χ0n) is 13.8. The Bertz CT molecular complexity index is 784. The van der Waals surface area contributed by atoms with Gasteiger partial charge in [-0.25, -0.2) is 0 Å². The van der Waals surface area contributed by atoms with E-state index in [1.807, 2.05) is 52.9 Å². The average molecular weight is 323 g/mol. The van der Waals surface area contributed by atoms with Crippen LogP contribution < -0.4 is 0 Å². The van der Waals surface area contributed by atoms with Crippen molar-refractivity contribution in [3.63, 3.8) is 0 Å². The van der Waals surface area contributed by atoms with Gasteiger partial charge in [-0.05, 0) is 54.6 Å². The molecule has 7 heteroatoms. The SMILES string of the molecule is Cn1nccc1C1CCN(Cc2nnnn2-c2ccccc2)CC1. The molecule has 7 nitrogen and oxygen atoms in total. The molecule has 1 aromatic carbocycles. The first-order valence-corrected chi connectivity index (χ1v) is 8.34. The van der Waals surface area contributed by atoms with Gasteiger partial charge in [-0.3, -0.25) is 9.58 Å². The highest BCUT2D eigenvalue weighted by Gasteiger charge is 2.24. The van der Waals surface area contributed by atoms with E-state index in [0.717, 1.165) is 44.0 Å². The zero-order valence-corrected chi connectivity index (χ0v) is 13.8. The van der Waals surface area contributed by atoms with E-state index in [-0.39, 0.29) is 0 Å². The normalized spacial score (nSPS) is 16.5. The van der Waals surface area contributed by atoms with Crippen LogP contribution in [-0.4, -0.2) is 48.0 Å². The highest BCUT2D eigenvalue weighted by atomic mass is 15.5. The molecule has 0 N–H and O–H groups in total. The summed E-state index contributed by atoms with van der Waals surface area (Å²) in [5.41, 5.74) is 2.34. The fourth-order valence-corrected chi connectivity index (χ4v) is 3.45. The maximum Gasteiger partial charge on any atom is 0.170 e. The van der Waals surface area contributed by atoms with Crippen LogP contribution in [0.2, 0.25) is 0 Å². The quantitative estimate of drug-likeness (QED) is 0.732. The van der Waals surface area contributed by atoms with Gasteiger partial charge in [0.2, 0.25) is 0 Å². The number of rotatable bonds is 4. The highest BCUT2D eigenvalue weighted by Crippen LogP contribution is 2.28. The molecule has 0 amide bonds. The lowest BCUT2D eigenvalue weighted by Crippen LogP contribution is -2.33. The molecular formula is C17H21N7. The Morgan fingerprint density at radius 2 is 1.88 bits per heavy atom. The molecule has 0 saturated carbocycles. The highest BCUT2D eigenvalue weighted by molar-refractivity contribution is 5.30. The fourth-order valence-electron chi connectivity index (χ4n) is 3.45. The van der Waals surface area contributed by atoms with E-state index in [1.165, 1.54) is 5.69 Å². The molecule has 1 saturated heterocycles. The molecule has 0 unspecified atom stereocenters. The van der Waals surface area contributed by atoms with Crippen LogP contribution in [0.3, 0.4) is 0 Å². The number of benzene rings is 1. The number of tetrazole rings is 1. The fraction of sp³-hybridized carbons (Fsp3) is 0.412. The van der Waals surface area contributed by atoms with E-state index in [0.29, 0.717) is 5.92 Å². The Kier molecular flexibility index (Phi) is 4.08. The third-order valence-electron chi connectivity index (χ3n) is 4.76. The summed E-state index contributed by atoms with van der Waals surface area (Å²) < 4.78 is 3.82. The molecule has 0 spiro atoms. The van der Waals surface area contributed by atoms with Gasteiger partial charge < -0.3 is 0 Å².